The quantitative estimate of drug-likeness (QED) is 0.585. The zero-order valence-corrected chi connectivity index (χ0v) is 18.0. The molecule has 7 heteroatoms. The molecule has 1 saturated heterocycles. The summed E-state index contributed by atoms with van der Waals surface area (Å²) < 4.78 is 0. The van der Waals surface area contributed by atoms with Crippen LogP contribution in [0.15, 0.2) is 30.3 Å². The first-order valence-electron chi connectivity index (χ1n) is 10.5. The molecule has 0 aromatic heterocycles. The number of carboxylic acid groups (broad SMARTS) is 1. The maximum absolute atomic E-state index is 12.8. The standard InChI is InChI=1S/C22H35N3O4/c1-5-6-12-18(25(21(28)29)24-14-13-22(3,4)15-24)19(26)20(27)23-16(2)17-10-8-7-9-11-17/h7-11,16,18-19,26H,5-6,12-15H2,1-4H3,(H,23,27)(H,28,29)/t16?,18-,19?/m0/s1. The third-order valence-corrected chi connectivity index (χ3v) is 5.62. The van der Waals surface area contributed by atoms with Gasteiger partial charge in [0.1, 0.15) is 0 Å². The second-order valence-electron chi connectivity index (χ2n) is 8.72. The molecule has 0 radical (unpaired) electrons. The summed E-state index contributed by atoms with van der Waals surface area (Å²) >= 11 is 0. The molecule has 29 heavy (non-hydrogen) atoms. The van der Waals surface area contributed by atoms with Crippen LogP contribution in [0.5, 0.6) is 0 Å². The maximum atomic E-state index is 12.8. The Morgan fingerprint density at radius 1 is 1.28 bits per heavy atom. The van der Waals surface area contributed by atoms with Gasteiger partial charge in [0.2, 0.25) is 0 Å². The molecule has 162 valence electrons. The Bertz CT molecular complexity index is 680. The molecule has 1 fully saturated rings. The fourth-order valence-corrected chi connectivity index (χ4v) is 3.87. The van der Waals surface area contributed by atoms with Crippen LogP contribution in [0, 0.1) is 5.41 Å². The van der Waals surface area contributed by atoms with E-state index in [2.05, 4.69) is 19.2 Å². The van der Waals surface area contributed by atoms with Gasteiger partial charge in [0.25, 0.3) is 5.91 Å². The van der Waals surface area contributed by atoms with Gasteiger partial charge in [0.05, 0.1) is 12.1 Å². The number of rotatable bonds is 9. The van der Waals surface area contributed by atoms with E-state index in [-0.39, 0.29) is 11.5 Å². The van der Waals surface area contributed by atoms with Crippen LogP contribution in [-0.2, 0) is 4.79 Å². The average Bonchev–Trinajstić information content (AvgIpc) is 3.03. The van der Waals surface area contributed by atoms with Gasteiger partial charge in [-0.3, -0.25) is 4.79 Å². The van der Waals surface area contributed by atoms with Gasteiger partial charge in [-0.05, 0) is 30.7 Å². The highest BCUT2D eigenvalue weighted by atomic mass is 16.4. The van der Waals surface area contributed by atoms with E-state index >= 15 is 0 Å². The van der Waals surface area contributed by atoms with Gasteiger partial charge in [-0.1, -0.05) is 63.9 Å². The summed E-state index contributed by atoms with van der Waals surface area (Å²) in [4.78, 5) is 24.9. The van der Waals surface area contributed by atoms with Crippen molar-refractivity contribution in [1.82, 2.24) is 15.3 Å². The van der Waals surface area contributed by atoms with Crippen LogP contribution >= 0.6 is 0 Å². The largest absolute Gasteiger partial charge is 0.464 e. The highest BCUT2D eigenvalue weighted by Gasteiger charge is 2.41. The normalized spacial score (nSPS) is 19.3. The van der Waals surface area contributed by atoms with Gasteiger partial charge in [-0.15, -0.1) is 0 Å². The molecular formula is C22H35N3O4. The first-order chi connectivity index (χ1) is 13.7. The molecule has 7 nitrogen and oxygen atoms in total. The smallest absolute Gasteiger partial charge is 0.422 e. The third-order valence-electron chi connectivity index (χ3n) is 5.62. The van der Waals surface area contributed by atoms with E-state index in [1.165, 1.54) is 5.01 Å². The number of aliphatic hydroxyl groups is 1. The molecule has 3 atom stereocenters. The first kappa shape index (κ1) is 23.2. The molecule has 0 spiro atoms. The summed E-state index contributed by atoms with van der Waals surface area (Å²) in [5.74, 6) is -0.549. The van der Waals surface area contributed by atoms with Crippen LogP contribution in [0.2, 0.25) is 0 Å². The van der Waals surface area contributed by atoms with E-state index in [1.54, 1.807) is 5.01 Å². The van der Waals surface area contributed by atoms with Crippen LogP contribution in [-0.4, -0.2) is 57.5 Å². The van der Waals surface area contributed by atoms with E-state index in [9.17, 15) is 19.8 Å². The van der Waals surface area contributed by atoms with Crippen molar-refractivity contribution in [1.29, 1.82) is 0 Å². The van der Waals surface area contributed by atoms with E-state index in [0.717, 1.165) is 24.8 Å². The van der Waals surface area contributed by atoms with Gasteiger partial charge < -0.3 is 15.5 Å². The van der Waals surface area contributed by atoms with Crippen LogP contribution in [0.1, 0.15) is 65.0 Å². The maximum Gasteiger partial charge on any atom is 0.422 e. The lowest BCUT2D eigenvalue weighted by Crippen LogP contribution is -2.58. The highest BCUT2D eigenvalue weighted by molar-refractivity contribution is 5.82. The number of carbonyl (C=O) groups is 2. The minimum Gasteiger partial charge on any atom is -0.464 e. The summed E-state index contributed by atoms with van der Waals surface area (Å²) in [6, 6.07) is 8.39. The molecular weight excluding hydrogens is 370 g/mol. The van der Waals surface area contributed by atoms with Gasteiger partial charge in [0, 0.05) is 13.1 Å². The third kappa shape index (κ3) is 6.18. The lowest BCUT2D eigenvalue weighted by Gasteiger charge is -2.38. The Kier molecular flexibility index (Phi) is 8.05. The number of amides is 2. The van der Waals surface area contributed by atoms with Crippen LogP contribution < -0.4 is 5.32 Å². The predicted molar refractivity (Wildman–Crippen MR) is 112 cm³/mol. The van der Waals surface area contributed by atoms with Crippen molar-refractivity contribution < 1.29 is 19.8 Å². The number of benzene rings is 1. The number of carbonyl (C=O) groups excluding carboxylic acids is 1. The molecule has 2 rings (SSSR count). The van der Waals surface area contributed by atoms with E-state index in [0.29, 0.717) is 19.5 Å². The van der Waals surface area contributed by atoms with Crippen molar-refractivity contribution in [3.8, 4) is 0 Å². The number of unbranched alkanes of at least 4 members (excludes halogenated alkanes) is 1. The minimum atomic E-state index is -1.44. The van der Waals surface area contributed by atoms with Crippen molar-refractivity contribution in [3.05, 3.63) is 35.9 Å². The molecule has 1 aromatic rings. The van der Waals surface area contributed by atoms with E-state index in [1.807, 2.05) is 44.2 Å². The minimum absolute atomic E-state index is 0.00194. The Hall–Kier alpha value is -2.12. The molecule has 0 bridgehead atoms. The average molecular weight is 406 g/mol. The molecule has 1 aliphatic heterocycles. The van der Waals surface area contributed by atoms with Crippen molar-refractivity contribution in [2.75, 3.05) is 13.1 Å². The summed E-state index contributed by atoms with van der Waals surface area (Å²) in [6.45, 7) is 9.22. The van der Waals surface area contributed by atoms with Gasteiger partial charge in [-0.25, -0.2) is 14.8 Å². The molecule has 1 aliphatic rings. The number of nitrogens with one attached hydrogen (secondary N) is 1. The second kappa shape index (κ2) is 10.1. The molecule has 0 saturated carbocycles. The molecule has 0 aliphatic carbocycles. The highest BCUT2D eigenvalue weighted by Crippen LogP contribution is 2.31. The fraction of sp³-hybridized carbons (Fsp3) is 0.636. The molecule has 3 N–H and O–H groups in total. The van der Waals surface area contributed by atoms with Crippen molar-refractivity contribution in [3.63, 3.8) is 0 Å². The Labute approximate surface area is 173 Å². The summed E-state index contributed by atoms with van der Waals surface area (Å²) in [5, 5.41) is 26.6. The van der Waals surface area contributed by atoms with E-state index in [4.69, 9.17) is 0 Å². The van der Waals surface area contributed by atoms with E-state index < -0.39 is 24.1 Å². The molecule has 1 aromatic carbocycles. The predicted octanol–water partition coefficient (Wildman–Crippen LogP) is 3.41. The van der Waals surface area contributed by atoms with Crippen LogP contribution in [0.25, 0.3) is 0 Å². The lowest BCUT2D eigenvalue weighted by atomic mass is 9.93. The summed E-state index contributed by atoms with van der Waals surface area (Å²) in [5.41, 5.74) is 0.924. The van der Waals surface area contributed by atoms with Gasteiger partial charge in [0.15, 0.2) is 6.10 Å². The number of hydrazine groups is 1. The van der Waals surface area contributed by atoms with Crippen LogP contribution in [0.4, 0.5) is 4.79 Å². The number of nitrogens with zero attached hydrogens (tertiary/aromatic N) is 2. The SMILES string of the molecule is CCCC[C@@H](C(O)C(=O)NC(C)c1ccccc1)N(C(=O)O)N1CCC(C)(C)C1. The Balaban J connectivity index is 2.17. The number of hydrogen-bond acceptors (Lipinski definition) is 4. The Morgan fingerprint density at radius 2 is 1.93 bits per heavy atom. The van der Waals surface area contributed by atoms with Crippen molar-refractivity contribution >= 4 is 12.0 Å². The Morgan fingerprint density at radius 3 is 2.45 bits per heavy atom. The summed E-state index contributed by atoms with van der Waals surface area (Å²) in [6.07, 6.45) is 0.298. The van der Waals surface area contributed by atoms with Gasteiger partial charge >= 0.3 is 6.09 Å². The number of hydrogen-bond donors (Lipinski definition) is 3. The fourth-order valence-electron chi connectivity index (χ4n) is 3.87. The topological polar surface area (TPSA) is 93.1 Å². The van der Waals surface area contributed by atoms with Crippen LogP contribution in [0.3, 0.4) is 0 Å². The van der Waals surface area contributed by atoms with Crippen molar-refractivity contribution in [2.45, 2.75) is 71.6 Å². The second-order valence-corrected chi connectivity index (χ2v) is 8.72. The zero-order valence-electron chi connectivity index (χ0n) is 18.0. The van der Waals surface area contributed by atoms with Crippen molar-refractivity contribution in [2.24, 2.45) is 5.41 Å². The lowest BCUT2D eigenvalue weighted by molar-refractivity contribution is -0.139. The summed E-state index contributed by atoms with van der Waals surface area (Å²) in [7, 11) is 0. The molecule has 1 heterocycles. The number of aliphatic hydroxyl groups excluding tert-OH is 1. The zero-order chi connectivity index (χ0) is 21.6. The molecule has 2 amide bonds. The monoisotopic (exact) mass is 405 g/mol. The molecule has 2 unspecified atom stereocenters. The first-order valence-corrected chi connectivity index (χ1v) is 10.5. The van der Waals surface area contributed by atoms with Gasteiger partial charge in [-0.2, -0.15) is 0 Å².